The Labute approximate surface area is 140 Å². The molecular formula is C20H21BrO. The van der Waals surface area contributed by atoms with E-state index in [0.29, 0.717) is 5.75 Å². The zero-order valence-corrected chi connectivity index (χ0v) is 14.5. The predicted octanol–water partition coefficient (Wildman–Crippen LogP) is 6.23. The third-order valence-corrected chi connectivity index (χ3v) is 5.30. The fraction of sp³-hybridized carbons (Fsp3) is 0.300. The van der Waals surface area contributed by atoms with Gasteiger partial charge in [0.2, 0.25) is 0 Å². The number of phenols is 1. The van der Waals surface area contributed by atoms with Gasteiger partial charge in [0, 0.05) is 4.47 Å². The van der Waals surface area contributed by atoms with E-state index in [9.17, 15) is 5.11 Å². The molecule has 1 saturated carbocycles. The highest BCUT2D eigenvalue weighted by Crippen LogP contribution is 2.36. The molecule has 114 valence electrons. The first-order valence-electron chi connectivity index (χ1n) is 7.93. The van der Waals surface area contributed by atoms with Gasteiger partial charge in [-0.1, -0.05) is 52.2 Å². The molecule has 1 N–H and O–H groups in total. The number of phenolic OH excluding ortho intramolecular Hbond substituents is 1. The van der Waals surface area contributed by atoms with Crippen LogP contribution in [-0.2, 0) is 0 Å². The van der Waals surface area contributed by atoms with Crippen LogP contribution in [0.5, 0.6) is 5.75 Å². The van der Waals surface area contributed by atoms with Crippen LogP contribution in [0.25, 0.3) is 5.57 Å². The molecule has 0 spiro atoms. The van der Waals surface area contributed by atoms with E-state index in [0.717, 1.165) is 4.47 Å². The van der Waals surface area contributed by atoms with E-state index in [4.69, 9.17) is 0 Å². The average molecular weight is 357 g/mol. The van der Waals surface area contributed by atoms with Crippen molar-refractivity contribution in [1.82, 2.24) is 0 Å². The van der Waals surface area contributed by atoms with Gasteiger partial charge in [-0.05, 0) is 73.1 Å². The molecule has 3 rings (SSSR count). The lowest BCUT2D eigenvalue weighted by Crippen LogP contribution is -2.00. The monoisotopic (exact) mass is 356 g/mol. The van der Waals surface area contributed by atoms with Gasteiger partial charge in [0.1, 0.15) is 5.75 Å². The van der Waals surface area contributed by atoms with Crippen molar-refractivity contribution < 1.29 is 5.11 Å². The number of benzene rings is 2. The molecule has 0 aliphatic heterocycles. The normalized spacial score (nSPS) is 14.9. The van der Waals surface area contributed by atoms with E-state index in [2.05, 4.69) is 41.1 Å². The van der Waals surface area contributed by atoms with Gasteiger partial charge in [-0.2, -0.15) is 0 Å². The zero-order chi connectivity index (χ0) is 15.5. The minimum atomic E-state index is 0.323. The first-order valence-corrected chi connectivity index (χ1v) is 8.72. The van der Waals surface area contributed by atoms with Gasteiger partial charge >= 0.3 is 0 Å². The Morgan fingerprint density at radius 3 is 2.18 bits per heavy atom. The van der Waals surface area contributed by atoms with E-state index in [1.807, 2.05) is 12.1 Å². The third-order valence-electron chi connectivity index (χ3n) is 4.41. The number of halogens is 1. The molecule has 22 heavy (non-hydrogen) atoms. The molecule has 0 amide bonds. The molecule has 1 aliphatic rings. The van der Waals surface area contributed by atoms with Gasteiger partial charge in [0.25, 0.3) is 0 Å². The van der Waals surface area contributed by atoms with E-state index >= 15 is 0 Å². The summed E-state index contributed by atoms with van der Waals surface area (Å²) < 4.78 is 1.15. The highest BCUT2D eigenvalue weighted by Gasteiger charge is 2.15. The number of hydrogen-bond donors (Lipinski definition) is 1. The molecular weight excluding hydrogens is 336 g/mol. The summed E-state index contributed by atoms with van der Waals surface area (Å²) in [7, 11) is 0. The zero-order valence-electron chi connectivity index (χ0n) is 12.9. The fourth-order valence-corrected chi connectivity index (χ4v) is 3.48. The average Bonchev–Trinajstić information content (AvgIpc) is 2.54. The van der Waals surface area contributed by atoms with Crippen LogP contribution in [-0.4, -0.2) is 5.11 Å². The van der Waals surface area contributed by atoms with Crippen molar-refractivity contribution in [3.05, 3.63) is 69.2 Å². The lowest BCUT2D eigenvalue weighted by Gasteiger charge is -2.21. The van der Waals surface area contributed by atoms with Gasteiger partial charge in [0.15, 0.2) is 0 Å². The van der Waals surface area contributed by atoms with E-state index in [1.165, 1.54) is 54.4 Å². The lowest BCUT2D eigenvalue weighted by atomic mass is 9.85. The molecule has 2 heteroatoms. The summed E-state index contributed by atoms with van der Waals surface area (Å²) in [5, 5.41) is 9.58. The summed E-state index contributed by atoms with van der Waals surface area (Å²) in [4.78, 5) is 0. The summed E-state index contributed by atoms with van der Waals surface area (Å²) in [6, 6.07) is 14.2. The summed E-state index contributed by atoms with van der Waals surface area (Å²) in [6.45, 7) is 2.13. The minimum Gasteiger partial charge on any atom is -0.508 e. The Bertz CT molecular complexity index is 690. The maximum Gasteiger partial charge on any atom is 0.115 e. The molecule has 0 radical (unpaired) electrons. The van der Waals surface area contributed by atoms with Gasteiger partial charge in [-0.15, -0.1) is 0 Å². The second-order valence-electron chi connectivity index (χ2n) is 6.05. The number of rotatable bonds is 2. The highest BCUT2D eigenvalue weighted by molar-refractivity contribution is 9.10. The van der Waals surface area contributed by atoms with Crippen molar-refractivity contribution in [3.63, 3.8) is 0 Å². The van der Waals surface area contributed by atoms with Crippen LogP contribution in [0.2, 0.25) is 0 Å². The standard InChI is InChI=1S/C20H21BrO/c1-14-13-17(9-12-19(14)21)20(15-5-3-2-4-6-15)16-7-10-18(22)11-8-16/h7-13,22H,2-6H2,1H3. The molecule has 1 aliphatic carbocycles. The quantitative estimate of drug-likeness (QED) is 0.676. The first kappa shape index (κ1) is 15.4. The Kier molecular flexibility index (Phi) is 4.68. The Balaban J connectivity index is 2.13. The maximum atomic E-state index is 9.58. The molecule has 0 bridgehead atoms. The van der Waals surface area contributed by atoms with Crippen molar-refractivity contribution >= 4 is 21.5 Å². The second kappa shape index (κ2) is 6.70. The molecule has 0 heterocycles. The third kappa shape index (κ3) is 3.27. The van der Waals surface area contributed by atoms with Crippen molar-refractivity contribution in [1.29, 1.82) is 0 Å². The van der Waals surface area contributed by atoms with Crippen LogP contribution in [0.1, 0.15) is 48.8 Å². The summed E-state index contributed by atoms with van der Waals surface area (Å²) in [5.74, 6) is 0.323. The van der Waals surface area contributed by atoms with Gasteiger partial charge < -0.3 is 5.11 Å². The van der Waals surface area contributed by atoms with E-state index in [-0.39, 0.29) is 0 Å². The molecule has 0 atom stereocenters. The SMILES string of the molecule is Cc1cc(C(=C2CCCCC2)c2ccc(O)cc2)ccc1Br. The van der Waals surface area contributed by atoms with Gasteiger partial charge in [-0.25, -0.2) is 0 Å². The van der Waals surface area contributed by atoms with Crippen molar-refractivity contribution in [2.45, 2.75) is 39.0 Å². The van der Waals surface area contributed by atoms with Crippen LogP contribution in [0.4, 0.5) is 0 Å². The largest absolute Gasteiger partial charge is 0.508 e. The Hall–Kier alpha value is -1.54. The molecule has 0 saturated heterocycles. The predicted molar refractivity (Wildman–Crippen MR) is 96.1 cm³/mol. The van der Waals surface area contributed by atoms with Crippen LogP contribution in [0.3, 0.4) is 0 Å². The van der Waals surface area contributed by atoms with Crippen molar-refractivity contribution in [2.24, 2.45) is 0 Å². The van der Waals surface area contributed by atoms with Crippen molar-refractivity contribution in [2.75, 3.05) is 0 Å². The van der Waals surface area contributed by atoms with Gasteiger partial charge in [0.05, 0.1) is 0 Å². The molecule has 2 aromatic carbocycles. The van der Waals surface area contributed by atoms with Crippen LogP contribution >= 0.6 is 15.9 Å². The fourth-order valence-electron chi connectivity index (χ4n) is 3.23. The summed E-state index contributed by atoms with van der Waals surface area (Å²) in [5.41, 5.74) is 6.65. The molecule has 0 aromatic heterocycles. The van der Waals surface area contributed by atoms with Crippen LogP contribution in [0.15, 0.2) is 52.5 Å². The van der Waals surface area contributed by atoms with Crippen LogP contribution < -0.4 is 0 Å². The minimum absolute atomic E-state index is 0.323. The van der Waals surface area contributed by atoms with E-state index in [1.54, 1.807) is 17.7 Å². The molecule has 0 unspecified atom stereocenters. The first-order chi connectivity index (χ1) is 10.6. The Morgan fingerprint density at radius 1 is 0.909 bits per heavy atom. The molecule has 1 fully saturated rings. The second-order valence-corrected chi connectivity index (χ2v) is 6.90. The number of hydrogen-bond acceptors (Lipinski definition) is 1. The molecule has 2 aromatic rings. The Morgan fingerprint density at radius 2 is 1.55 bits per heavy atom. The van der Waals surface area contributed by atoms with Crippen molar-refractivity contribution in [3.8, 4) is 5.75 Å². The maximum absolute atomic E-state index is 9.58. The van der Waals surface area contributed by atoms with Crippen LogP contribution in [0, 0.1) is 6.92 Å². The highest BCUT2D eigenvalue weighted by atomic mass is 79.9. The number of aryl methyl sites for hydroxylation is 1. The summed E-state index contributed by atoms with van der Waals surface area (Å²) in [6.07, 6.45) is 6.28. The topological polar surface area (TPSA) is 20.2 Å². The van der Waals surface area contributed by atoms with E-state index < -0.39 is 0 Å². The lowest BCUT2D eigenvalue weighted by molar-refractivity contribution is 0.475. The smallest absolute Gasteiger partial charge is 0.115 e. The number of aromatic hydroxyl groups is 1. The van der Waals surface area contributed by atoms with Gasteiger partial charge in [-0.3, -0.25) is 0 Å². The summed E-state index contributed by atoms with van der Waals surface area (Å²) >= 11 is 3.59. The number of allylic oxidation sites excluding steroid dienone is 1. The molecule has 1 nitrogen and oxygen atoms in total.